The van der Waals surface area contributed by atoms with Crippen LogP contribution < -0.4 is 10.2 Å². The first-order valence-electron chi connectivity index (χ1n) is 8.59. The van der Waals surface area contributed by atoms with Gasteiger partial charge >= 0.3 is 0 Å². The highest BCUT2D eigenvalue weighted by molar-refractivity contribution is 5.87. The number of fused-ring (bicyclic) bond motifs is 1. The van der Waals surface area contributed by atoms with Crippen LogP contribution >= 0.6 is 0 Å². The third kappa shape index (κ3) is 2.93. The molecular formula is C16H22N6O2. The highest BCUT2D eigenvalue weighted by Gasteiger charge is 2.30. The van der Waals surface area contributed by atoms with Crippen LogP contribution in [-0.2, 0) is 11.3 Å². The number of hydrogen-bond donors (Lipinski definition) is 2. The average molecular weight is 330 g/mol. The molecule has 128 valence electrons. The molecule has 8 nitrogen and oxygen atoms in total. The fraction of sp³-hybridized carbons (Fsp3) is 0.625. The maximum atomic E-state index is 12.2. The third-order valence-electron chi connectivity index (χ3n) is 4.81. The van der Waals surface area contributed by atoms with Crippen molar-refractivity contribution in [3.63, 3.8) is 0 Å². The second-order valence-electron chi connectivity index (χ2n) is 6.57. The summed E-state index contributed by atoms with van der Waals surface area (Å²) in [5, 5.41) is 17.4. The predicted molar refractivity (Wildman–Crippen MR) is 88.5 cm³/mol. The molecule has 1 saturated heterocycles. The van der Waals surface area contributed by atoms with Gasteiger partial charge in [-0.2, -0.15) is 5.10 Å². The zero-order valence-electron chi connectivity index (χ0n) is 13.6. The zero-order chi connectivity index (χ0) is 16.5. The van der Waals surface area contributed by atoms with Gasteiger partial charge < -0.3 is 15.3 Å². The summed E-state index contributed by atoms with van der Waals surface area (Å²) in [7, 11) is 0. The van der Waals surface area contributed by atoms with Gasteiger partial charge in [0.2, 0.25) is 5.91 Å². The third-order valence-corrected chi connectivity index (χ3v) is 4.81. The van der Waals surface area contributed by atoms with Crippen LogP contribution in [0.25, 0.3) is 11.0 Å². The molecule has 0 aromatic carbocycles. The number of rotatable bonds is 5. The summed E-state index contributed by atoms with van der Waals surface area (Å²) < 4.78 is 1.69. The summed E-state index contributed by atoms with van der Waals surface area (Å²) in [6.45, 7) is 2.06. The van der Waals surface area contributed by atoms with E-state index in [0.717, 1.165) is 55.6 Å². The normalized spacial score (nSPS) is 19.0. The smallest absolute Gasteiger partial charge is 0.223 e. The van der Waals surface area contributed by atoms with Gasteiger partial charge in [0.15, 0.2) is 5.65 Å². The highest BCUT2D eigenvalue weighted by Crippen LogP contribution is 2.28. The van der Waals surface area contributed by atoms with E-state index in [1.54, 1.807) is 17.2 Å². The van der Waals surface area contributed by atoms with E-state index in [2.05, 4.69) is 25.3 Å². The van der Waals surface area contributed by atoms with Crippen LogP contribution in [0.15, 0.2) is 12.5 Å². The molecule has 4 rings (SSSR count). The van der Waals surface area contributed by atoms with Crippen LogP contribution in [0.2, 0.25) is 0 Å². The summed E-state index contributed by atoms with van der Waals surface area (Å²) in [6.07, 6.45) is 7.23. The number of amides is 1. The lowest BCUT2D eigenvalue weighted by molar-refractivity contribution is -0.125. The van der Waals surface area contributed by atoms with E-state index >= 15 is 0 Å². The van der Waals surface area contributed by atoms with E-state index in [1.807, 2.05) is 0 Å². The molecule has 1 amide bonds. The average Bonchev–Trinajstić information content (AvgIpc) is 3.33. The van der Waals surface area contributed by atoms with Crippen molar-refractivity contribution in [1.82, 2.24) is 25.1 Å². The van der Waals surface area contributed by atoms with Crippen LogP contribution in [0.5, 0.6) is 0 Å². The van der Waals surface area contributed by atoms with Gasteiger partial charge in [-0.3, -0.25) is 4.79 Å². The van der Waals surface area contributed by atoms with Crippen LogP contribution in [0.1, 0.15) is 25.7 Å². The Balaban J connectivity index is 1.47. The number of hydrogen-bond acceptors (Lipinski definition) is 6. The molecule has 8 heteroatoms. The van der Waals surface area contributed by atoms with Crippen LogP contribution in [-0.4, -0.2) is 56.5 Å². The molecule has 2 aromatic rings. The van der Waals surface area contributed by atoms with Gasteiger partial charge in [-0.05, 0) is 25.7 Å². The number of piperidine rings is 1. The molecule has 0 atom stereocenters. The molecule has 2 aromatic heterocycles. The molecule has 2 N–H and O–H groups in total. The Morgan fingerprint density at radius 3 is 2.75 bits per heavy atom. The fourth-order valence-electron chi connectivity index (χ4n) is 3.29. The SMILES string of the molecule is O=C(NC1CC1)C1CCN(c2ncnc3c2cnn3CCO)CC1. The van der Waals surface area contributed by atoms with Gasteiger partial charge in [0.05, 0.1) is 24.7 Å². The standard InChI is InChI=1S/C16H22N6O2/c23-8-7-22-15-13(9-19-22)14(17-10-18-15)21-5-3-11(4-6-21)16(24)20-12-1-2-12/h9-12,23H,1-8H2,(H,20,24). The van der Waals surface area contributed by atoms with Crippen LogP contribution in [0.4, 0.5) is 5.82 Å². The number of carbonyl (C=O) groups is 1. The van der Waals surface area contributed by atoms with E-state index in [0.29, 0.717) is 12.6 Å². The Bertz CT molecular complexity index is 733. The summed E-state index contributed by atoms with van der Waals surface area (Å²) in [5.41, 5.74) is 0.739. The van der Waals surface area contributed by atoms with Crippen LogP contribution in [0, 0.1) is 5.92 Å². The lowest BCUT2D eigenvalue weighted by Crippen LogP contribution is -2.41. The molecule has 0 radical (unpaired) electrons. The number of aliphatic hydroxyl groups is 1. The maximum absolute atomic E-state index is 12.2. The predicted octanol–water partition coefficient (Wildman–Crippen LogP) is 0.314. The van der Waals surface area contributed by atoms with Gasteiger partial charge in [-0.1, -0.05) is 0 Å². The van der Waals surface area contributed by atoms with Crippen LogP contribution in [0.3, 0.4) is 0 Å². The molecule has 2 aliphatic rings. The number of nitrogens with one attached hydrogen (secondary N) is 1. The molecule has 1 saturated carbocycles. The Labute approximate surface area is 139 Å². The number of aromatic nitrogens is 4. The minimum atomic E-state index is 0.0254. The van der Waals surface area contributed by atoms with Crippen molar-refractivity contribution >= 4 is 22.8 Å². The molecule has 2 fully saturated rings. The van der Waals surface area contributed by atoms with E-state index in [4.69, 9.17) is 5.11 Å². The monoisotopic (exact) mass is 330 g/mol. The van der Waals surface area contributed by atoms with Gasteiger partial charge in [-0.15, -0.1) is 0 Å². The van der Waals surface area contributed by atoms with Crippen molar-refractivity contribution in [2.45, 2.75) is 38.3 Å². The van der Waals surface area contributed by atoms with Crippen molar-refractivity contribution in [1.29, 1.82) is 0 Å². The summed E-state index contributed by atoms with van der Waals surface area (Å²) in [4.78, 5) is 23.1. The molecule has 1 aliphatic heterocycles. The van der Waals surface area contributed by atoms with Gasteiger partial charge in [0, 0.05) is 25.0 Å². The van der Waals surface area contributed by atoms with Crippen molar-refractivity contribution in [2.24, 2.45) is 5.92 Å². The van der Waals surface area contributed by atoms with E-state index in [9.17, 15) is 4.79 Å². The molecule has 0 unspecified atom stereocenters. The first-order valence-corrected chi connectivity index (χ1v) is 8.59. The van der Waals surface area contributed by atoms with Crippen molar-refractivity contribution in [3.8, 4) is 0 Å². The molecule has 0 bridgehead atoms. The fourth-order valence-corrected chi connectivity index (χ4v) is 3.29. The second kappa shape index (κ2) is 6.35. The maximum Gasteiger partial charge on any atom is 0.223 e. The highest BCUT2D eigenvalue weighted by atomic mass is 16.3. The van der Waals surface area contributed by atoms with Crippen molar-refractivity contribution in [2.75, 3.05) is 24.6 Å². The van der Waals surface area contributed by atoms with E-state index < -0.39 is 0 Å². The van der Waals surface area contributed by atoms with Gasteiger partial charge in [0.1, 0.15) is 12.1 Å². The largest absolute Gasteiger partial charge is 0.394 e. The molecule has 1 aliphatic carbocycles. The van der Waals surface area contributed by atoms with Crippen molar-refractivity contribution in [3.05, 3.63) is 12.5 Å². The topological polar surface area (TPSA) is 96.2 Å². The quantitative estimate of drug-likeness (QED) is 0.819. The summed E-state index contributed by atoms with van der Waals surface area (Å²) in [5.74, 6) is 1.18. The first kappa shape index (κ1) is 15.3. The number of aliphatic hydroxyl groups excluding tert-OH is 1. The lowest BCUT2D eigenvalue weighted by atomic mass is 9.96. The second-order valence-corrected chi connectivity index (χ2v) is 6.57. The molecule has 0 spiro atoms. The number of anilines is 1. The minimum absolute atomic E-state index is 0.0254. The van der Waals surface area contributed by atoms with Crippen molar-refractivity contribution < 1.29 is 9.90 Å². The Kier molecular flexibility index (Phi) is 4.05. The Morgan fingerprint density at radius 1 is 1.25 bits per heavy atom. The molecule has 24 heavy (non-hydrogen) atoms. The van der Waals surface area contributed by atoms with Gasteiger partial charge in [0.25, 0.3) is 0 Å². The number of carbonyl (C=O) groups excluding carboxylic acids is 1. The molecule has 3 heterocycles. The van der Waals surface area contributed by atoms with E-state index in [-0.39, 0.29) is 18.4 Å². The summed E-state index contributed by atoms with van der Waals surface area (Å²) >= 11 is 0. The number of nitrogens with zero attached hydrogens (tertiary/aromatic N) is 5. The zero-order valence-corrected chi connectivity index (χ0v) is 13.6. The summed E-state index contributed by atoms with van der Waals surface area (Å²) in [6, 6.07) is 0.425. The van der Waals surface area contributed by atoms with E-state index in [1.165, 1.54) is 0 Å². The lowest BCUT2D eigenvalue weighted by Gasteiger charge is -2.32. The Hall–Kier alpha value is -2.22. The Morgan fingerprint density at radius 2 is 2.04 bits per heavy atom. The first-order chi connectivity index (χ1) is 11.8. The molecular weight excluding hydrogens is 308 g/mol. The van der Waals surface area contributed by atoms with Gasteiger partial charge in [-0.25, -0.2) is 14.6 Å². The minimum Gasteiger partial charge on any atom is -0.394 e.